The highest BCUT2D eigenvalue weighted by Gasteiger charge is 2.35. The van der Waals surface area contributed by atoms with Crippen LogP contribution in [0.25, 0.3) is 0 Å². The molecule has 1 rings (SSSR count). The molecule has 1 aliphatic carbocycles. The van der Waals surface area contributed by atoms with Crippen molar-refractivity contribution in [2.24, 2.45) is 10.8 Å². The molecule has 0 spiro atoms. The lowest BCUT2D eigenvalue weighted by molar-refractivity contribution is 0.154. The predicted molar refractivity (Wildman–Crippen MR) is 55.3 cm³/mol. The molecule has 0 bridgehead atoms. The fourth-order valence-electron chi connectivity index (χ4n) is 2.79. The summed E-state index contributed by atoms with van der Waals surface area (Å²) in [6.07, 6.45) is 3.63. The van der Waals surface area contributed by atoms with Gasteiger partial charge in [0.1, 0.15) is 0 Å². The first-order chi connectivity index (χ1) is 5.35. The standard InChI is InChI=1S/C11H19Cl/c1-10(2)5-9(7-12)6-11(3,4)8-10/h7H,5-6,8H2,1-4H3. The minimum atomic E-state index is 0.433. The van der Waals surface area contributed by atoms with Crippen LogP contribution in [-0.4, -0.2) is 0 Å². The maximum absolute atomic E-state index is 5.77. The van der Waals surface area contributed by atoms with Gasteiger partial charge in [0.25, 0.3) is 0 Å². The number of hydrogen-bond acceptors (Lipinski definition) is 0. The highest BCUT2D eigenvalue weighted by Crippen LogP contribution is 2.48. The van der Waals surface area contributed by atoms with E-state index in [-0.39, 0.29) is 0 Å². The Morgan fingerprint density at radius 3 is 1.83 bits per heavy atom. The molecule has 1 heteroatoms. The molecule has 0 aromatic rings. The molecular formula is C11H19Cl. The first-order valence-electron chi connectivity index (χ1n) is 4.63. The van der Waals surface area contributed by atoms with Gasteiger partial charge >= 0.3 is 0 Å². The van der Waals surface area contributed by atoms with E-state index >= 15 is 0 Å². The van der Waals surface area contributed by atoms with E-state index in [0.717, 1.165) is 0 Å². The molecule has 1 aliphatic rings. The lowest BCUT2D eigenvalue weighted by atomic mass is 9.64. The van der Waals surface area contributed by atoms with Crippen molar-refractivity contribution < 1.29 is 0 Å². The molecule has 1 saturated carbocycles. The van der Waals surface area contributed by atoms with Gasteiger partial charge in [-0.05, 0) is 30.1 Å². The molecular weight excluding hydrogens is 168 g/mol. The van der Waals surface area contributed by atoms with Crippen molar-refractivity contribution in [2.75, 3.05) is 0 Å². The van der Waals surface area contributed by atoms with E-state index in [2.05, 4.69) is 27.7 Å². The maximum Gasteiger partial charge on any atom is 0.00348 e. The minimum Gasteiger partial charge on any atom is -0.0930 e. The Morgan fingerprint density at radius 2 is 1.50 bits per heavy atom. The third kappa shape index (κ3) is 2.52. The predicted octanol–water partition coefficient (Wildman–Crippen LogP) is 4.35. The normalized spacial score (nSPS) is 26.9. The van der Waals surface area contributed by atoms with Gasteiger partial charge in [0.2, 0.25) is 0 Å². The Balaban J connectivity index is 2.80. The number of allylic oxidation sites excluding steroid dienone is 1. The fraction of sp³-hybridized carbons (Fsp3) is 0.818. The smallest absolute Gasteiger partial charge is 0.00348 e. The second-order valence-electron chi connectivity index (χ2n) is 5.63. The van der Waals surface area contributed by atoms with E-state index in [1.54, 1.807) is 5.54 Å². The first-order valence-corrected chi connectivity index (χ1v) is 5.06. The van der Waals surface area contributed by atoms with Crippen LogP contribution in [0.2, 0.25) is 0 Å². The maximum atomic E-state index is 5.77. The van der Waals surface area contributed by atoms with E-state index in [1.165, 1.54) is 24.8 Å². The molecule has 0 aromatic carbocycles. The average molecular weight is 187 g/mol. The highest BCUT2D eigenvalue weighted by atomic mass is 35.5. The van der Waals surface area contributed by atoms with Crippen molar-refractivity contribution in [1.29, 1.82) is 0 Å². The number of hydrogen-bond donors (Lipinski definition) is 0. The lowest BCUT2D eigenvalue weighted by Crippen LogP contribution is -2.29. The van der Waals surface area contributed by atoms with E-state index in [4.69, 9.17) is 11.6 Å². The number of halogens is 1. The Kier molecular flexibility index (Phi) is 2.58. The van der Waals surface area contributed by atoms with Gasteiger partial charge in [-0.3, -0.25) is 0 Å². The van der Waals surface area contributed by atoms with Crippen LogP contribution in [0.4, 0.5) is 0 Å². The average Bonchev–Trinajstić information content (AvgIpc) is 1.80. The summed E-state index contributed by atoms with van der Waals surface area (Å²) in [6, 6.07) is 0. The lowest BCUT2D eigenvalue weighted by Gasteiger charge is -2.41. The van der Waals surface area contributed by atoms with Crippen LogP contribution < -0.4 is 0 Å². The monoisotopic (exact) mass is 186 g/mol. The highest BCUT2D eigenvalue weighted by molar-refractivity contribution is 6.25. The quantitative estimate of drug-likeness (QED) is 0.528. The van der Waals surface area contributed by atoms with Crippen LogP contribution in [0.1, 0.15) is 47.0 Å². The molecule has 0 nitrogen and oxygen atoms in total. The van der Waals surface area contributed by atoms with Crippen molar-refractivity contribution >= 4 is 11.6 Å². The zero-order valence-electron chi connectivity index (χ0n) is 8.58. The van der Waals surface area contributed by atoms with Gasteiger partial charge in [-0.2, -0.15) is 0 Å². The Bertz CT molecular complexity index is 181. The zero-order valence-corrected chi connectivity index (χ0v) is 9.33. The molecule has 0 amide bonds. The van der Waals surface area contributed by atoms with Crippen LogP contribution in [-0.2, 0) is 0 Å². The van der Waals surface area contributed by atoms with Crippen molar-refractivity contribution in [3.8, 4) is 0 Å². The van der Waals surface area contributed by atoms with Crippen LogP contribution in [0.15, 0.2) is 11.1 Å². The SMILES string of the molecule is CC1(C)CC(=CCl)CC(C)(C)C1. The second kappa shape index (κ2) is 3.06. The molecule has 0 N–H and O–H groups in total. The molecule has 0 unspecified atom stereocenters. The van der Waals surface area contributed by atoms with Gasteiger partial charge in [0.05, 0.1) is 0 Å². The summed E-state index contributed by atoms with van der Waals surface area (Å²) in [5.74, 6) is 0. The molecule has 12 heavy (non-hydrogen) atoms. The largest absolute Gasteiger partial charge is 0.0930 e. The van der Waals surface area contributed by atoms with E-state index in [9.17, 15) is 0 Å². The summed E-state index contributed by atoms with van der Waals surface area (Å²) in [7, 11) is 0. The van der Waals surface area contributed by atoms with Gasteiger partial charge in [0.15, 0.2) is 0 Å². The van der Waals surface area contributed by atoms with E-state index in [0.29, 0.717) is 10.8 Å². The van der Waals surface area contributed by atoms with Crippen LogP contribution in [0.5, 0.6) is 0 Å². The van der Waals surface area contributed by atoms with E-state index in [1.807, 2.05) is 0 Å². The first kappa shape index (κ1) is 10.1. The third-order valence-electron chi connectivity index (χ3n) is 2.52. The Labute approximate surface area is 81.0 Å². The summed E-state index contributed by atoms with van der Waals surface area (Å²) in [4.78, 5) is 0. The van der Waals surface area contributed by atoms with Gasteiger partial charge in [0, 0.05) is 5.54 Å². The molecule has 1 fully saturated rings. The van der Waals surface area contributed by atoms with Gasteiger partial charge in [-0.15, -0.1) is 0 Å². The van der Waals surface area contributed by atoms with Gasteiger partial charge < -0.3 is 0 Å². The van der Waals surface area contributed by atoms with Crippen molar-refractivity contribution in [3.05, 3.63) is 11.1 Å². The summed E-state index contributed by atoms with van der Waals surface area (Å²) >= 11 is 5.77. The second-order valence-corrected chi connectivity index (χ2v) is 5.84. The topological polar surface area (TPSA) is 0 Å². The molecule has 0 aliphatic heterocycles. The summed E-state index contributed by atoms with van der Waals surface area (Å²) in [6.45, 7) is 9.31. The Hall–Kier alpha value is 0.0300. The molecule has 0 radical (unpaired) electrons. The summed E-state index contributed by atoms with van der Waals surface area (Å²) < 4.78 is 0. The zero-order chi connectivity index (χ0) is 9.41. The molecule has 70 valence electrons. The third-order valence-corrected chi connectivity index (χ3v) is 2.83. The Morgan fingerprint density at radius 1 is 1.08 bits per heavy atom. The minimum absolute atomic E-state index is 0.433. The van der Waals surface area contributed by atoms with Crippen molar-refractivity contribution in [3.63, 3.8) is 0 Å². The molecule has 0 heterocycles. The molecule has 0 saturated heterocycles. The van der Waals surface area contributed by atoms with Crippen LogP contribution >= 0.6 is 11.6 Å². The summed E-state index contributed by atoms with van der Waals surface area (Å²) in [5.41, 5.74) is 4.06. The summed E-state index contributed by atoms with van der Waals surface area (Å²) in [5, 5.41) is 0. The van der Waals surface area contributed by atoms with Crippen molar-refractivity contribution in [1.82, 2.24) is 0 Å². The van der Waals surface area contributed by atoms with Crippen LogP contribution in [0.3, 0.4) is 0 Å². The molecule has 0 atom stereocenters. The van der Waals surface area contributed by atoms with Crippen molar-refractivity contribution in [2.45, 2.75) is 47.0 Å². The number of rotatable bonds is 0. The van der Waals surface area contributed by atoms with Gasteiger partial charge in [-0.25, -0.2) is 0 Å². The van der Waals surface area contributed by atoms with Gasteiger partial charge in [-0.1, -0.05) is 44.9 Å². The van der Waals surface area contributed by atoms with E-state index < -0.39 is 0 Å². The fourth-order valence-corrected chi connectivity index (χ4v) is 2.94. The van der Waals surface area contributed by atoms with Crippen LogP contribution in [0, 0.1) is 10.8 Å². The molecule has 0 aromatic heterocycles.